The molecule has 2 N–H and O–H groups in total. The van der Waals surface area contributed by atoms with Crippen LogP contribution < -0.4 is 5.14 Å². The highest BCUT2D eigenvalue weighted by atomic mass is 32.2. The summed E-state index contributed by atoms with van der Waals surface area (Å²) in [5.74, 6) is -0.347. The van der Waals surface area contributed by atoms with Gasteiger partial charge in [0.05, 0.1) is 4.90 Å². The van der Waals surface area contributed by atoms with Crippen LogP contribution in [0.4, 0.5) is 4.39 Å². The molecule has 0 unspecified atom stereocenters. The Balaban J connectivity index is 2.41. The summed E-state index contributed by atoms with van der Waals surface area (Å²) in [6.07, 6.45) is 0.324. The summed E-state index contributed by atoms with van der Waals surface area (Å²) in [6, 6.07) is 12.5. The van der Waals surface area contributed by atoms with Crippen molar-refractivity contribution in [2.75, 3.05) is 0 Å². The molecule has 0 atom stereocenters. The standard InChI is InChI=1S/C13H12FNO2S/c14-12-6-3-4-10(9-12)8-11-5-1-2-7-13(11)18(15,16)17/h1-7,9H,8H2,(H2,15,16,17). The average Bonchev–Trinajstić information content (AvgIpc) is 2.28. The minimum Gasteiger partial charge on any atom is -0.225 e. The minimum atomic E-state index is -3.76. The smallest absolute Gasteiger partial charge is 0.225 e. The summed E-state index contributed by atoms with van der Waals surface area (Å²) < 4.78 is 35.9. The first kappa shape index (κ1) is 12.7. The van der Waals surface area contributed by atoms with Crippen molar-refractivity contribution in [2.45, 2.75) is 11.3 Å². The fourth-order valence-electron chi connectivity index (χ4n) is 1.79. The highest BCUT2D eigenvalue weighted by Gasteiger charge is 2.13. The number of primary sulfonamides is 1. The summed E-state index contributed by atoms with van der Waals surface area (Å²) in [4.78, 5) is 0.0780. The molecule has 18 heavy (non-hydrogen) atoms. The molecule has 0 fully saturated rings. The Hall–Kier alpha value is -1.72. The van der Waals surface area contributed by atoms with E-state index < -0.39 is 10.0 Å². The van der Waals surface area contributed by atoms with Gasteiger partial charge in [-0.2, -0.15) is 0 Å². The average molecular weight is 265 g/mol. The van der Waals surface area contributed by atoms with Crippen molar-refractivity contribution in [1.29, 1.82) is 0 Å². The van der Waals surface area contributed by atoms with E-state index in [9.17, 15) is 12.8 Å². The van der Waals surface area contributed by atoms with E-state index in [-0.39, 0.29) is 10.7 Å². The maximum Gasteiger partial charge on any atom is 0.238 e. The first-order chi connectivity index (χ1) is 8.47. The normalized spacial score (nSPS) is 11.4. The molecule has 2 aromatic rings. The highest BCUT2D eigenvalue weighted by molar-refractivity contribution is 7.89. The largest absolute Gasteiger partial charge is 0.238 e. The number of halogens is 1. The third-order valence-electron chi connectivity index (χ3n) is 2.56. The second kappa shape index (κ2) is 4.88. The lowest BCUT2D eigenvalue weighted by Crippen LogP contribution is -2.14. The van der Waals surface area contributed by atoms with E-state index in [1.807, 2.05) is 0 Å². The maximum absolute atomic E-state index is 13.1. The quantitative estimate of drug-likeness (QED) is 0.923. The third kappa shape index (κ3) is 2.94. The zero-order valence-corrected chi connectivity index (χ0v) is 10.3. The van der Waals surface area contributed by atoms with Crippen molar-refractivity contribution in [2.24, 2.45) is 5.14 Å². The molecule has 0 aromatic heterocycles. The van der Waals surface area contributed by atoms with Crippen LogP contribution in [0.1, 0.15) is 11.1 Å². The van der Waals surface area contributed by atoms with Crippen molar-refractivity contribution < 1.29 is 12.8 Å². The van der Waals surface area contributed by atoms with E-state index in [0.717, 1.165) is 0 Å². The maximum atomic E-state index is 13.1. The summed E-state index contributed by atoms with van der Waals surface area (Å²) in [7, 11) is -3.76. The van der Waals surface area contributed by atoms with E-state index in [4.69, 9.17) is 5.14 Å². The lowest BCUT2D eigenvalue weighted by molar-refractivity contribution is 0.597. The molecule has 0 aliphatic rings. The van der Waals surface area contributed by atoms with Crippen molar-refractivity contribution in [3.05, 3.63) is 65.5 Å². The van der Waals surface area contributed by atoms with Gasteiger partial charge in [-0.15, -0.1) is 0 Å². The van der Waals surface area contributed by atoms with Crippen molar-refractivity contribution >= 4 is 10.0 Å². The molecule has 0 amide bonds. The molecular weight excluding hydrogens is 253 g/mol. The molecule has 0 radical (unpaired) electrons. The predicted octanol–water partition coefficient (Wildman–Crippen LogP) is 2.06. The van der Waals surface area contributed by atoms with Gasteiger partial charge >= 0.3 is 0 Å². The van der Waals surface area contributed by atoms with Crippen molar-refractivity contribution in [3.63, 3.8) is 0 Å². The summed E-state index contributed by atoms with van der Waals surface area (Å²) in [6.45, 7) is 0. The van der Waals surface area contributed by atoms with Crippen molar-refractivity contribution in [1.82, 2.24) is 0 Å². The zero-order valence-electron chi connectivity index (χ0n) is 9.51. The Morgan fingerprint density at radius 3 is 2.44 bits per heavy atom. The van der Waals surface area contributed by atoms with E-state index in [1.54, 1.807) is 30.3 Å². The first-order valence-corrected chi connectivity index (χ1v) is 6.86. The van der Waals surface area contributed by atoms with E-state index >= 15 is 0 Å². The lowest BCUT2D eigenvalue weighted by atomic mass is 10.1. The van der Waals surface area contributed by atoms with Crippen LogP contribution in [0.25, 0.3) is 0 Å². The molecule has 0 aliphatic carbocycles. The van der Waals surface area contributed by atoms with Gasteiger partial charge in [-0.1, -0.05) is 30.3 Å². The second-order valence-electron chi connectivity index (χ2n) is 3.96. The molecule has 0 spiro atoms. The molecular formula is C13H12FNO2S. The number of benzene rings is 2. The van der Waals surface area contributed by atoms with Gasteiger partial charge in [-0.3, -0.25) is 0 Å². The van der Waals surface area contributed by atoms with Gasteiger partial charge in [0.2, 0.25) is 10.0 Å². The zero-order chi connectivity index (χ0) is 13.2. The number of sulfonamides is 1. The molecule has 5 heteroatoms. The molecule has 94 valence electrons. The molecule has 0 heterocycles. The fourth-order valence-corrected chi connectivity index (χ4v) is 2.57. The van der Waals surface area contributed by atoms with Gasteiger partial charge in [-0.25, -0.2) is 17.9 Å². The lowest BCUT2D eigenvalue weighted by Gasteiger charge is -2.07. The number of rotatable bonds is 3. The summed E-state index contributed by atoms with van der Waals surface area (Å²) in [5, 5.41) is 5.14. The monoisotopic (exact) mass is 265 g/mol. The van der Waals surface area contributed by atoms with Crippen LogP contribution in [0.3, 0.4) is 0 Å². The number of hydrogen-bond acceptors (Lipinski definition) is 2. The van der Waals surface area contributed by atoms with Crippen LogP contribution >= 0.6 is 0 Å². The predicted molar refractivity (Wildman–Crippen MR) is 67.0 cm³/mol. The van der Waals surface area contributed by atoms with E-state index in [1.165, 1.54) is 18.2 Å². The van der Waals surface area contributed by atoms with Crippen LogP contribution in [-0.4, -0.2) is 8.42 Å². The molecule has 0 saturated heterocycles. The van der Waals surface area contributed by atoms with Gasteiger partial charge in [0.1, 0.15) is 5.82 Å². The van der Waals surface area contributed by atoms with Crippen LogP contribution in [-0.2, 0) is 16.4 Å². The SMILES string of the molecule is NS(=O)(=O)c1ccccc1Cc1cccc(F)c1. The van der Waals surface area contributed by atoms with E-state index in [0.29, 0.717) is 17.5 Å². The Morgan fingerprint density at radius 1 is 1.06 bits per heavy atom. The van der Waals surface area contributed by atoms with E-state index in [2.05, 4.69) is 0 Å². The summed E-state index contributed by atoms with van der Waals surface area (Å²) in [5.41, 5.74) is 1.26. The topological polar surface area (TPSA) is 60.2 Å². The first-order valence-electron chi connectivity index (χ1n) is 5.32. The van der Waals surface area contributed by atoms with Crippen LogP contribution in [0.2, 0.25) is 0 Å². The van der Waals surface area contributed by atoms with Crippen LogP contribution in [0.15, 0.2) is 53.4 Å². The third-order valence-corrected chi connectivity index (χ3v) is 3.57. The molecule has 3 nitrogen and oxygen atoms in total. The fraction of sp³-hybridized carbons (Fsp3) is 0.0769. The Labute approximate surface area is 105 Å². The Morgan fingerprint density at radius 2 is 1.78 bits per heavy atom. The molecule has 0 saturated carbocycles. The van der Waals surface area contributed by atoms with Crippen molar-refractivity contribution in [3.8, 4) is 0 Å². The Bertz CT molecular complexity index is 668. The van der Waals surface area contributed by atoms with Gasteiger partial charge in [-0.05, 0) is 35.7 Å². The molecule has 0 aliphatic heterocycles. The minimum absolute atomic E-state index is 0.0780. The van der Waals surface area contributed by atoms with Gasteiger partial charge in [0.15, 0.2) is 0 Å². The van der Waals surface area contributed by atoms with Gasteiger partial charge < -0.3 is 0 Å². The second-order valence-corrected chi connectivity index (χ2v) is 5.49. The van der Waals surface area contributed by atoms with Crippen LogP contribution in [0.5, 0.6) is 0 Å². The highest BCUT2D eigenvalue weighted by Crippen LogP contribution is 2.18. The molecule has 2 aromatic carbocycles. The van der Waals surface area contributed by atoms with Gasteiger partial charge in [0.25, 0.3) is 0 Å². The van der Waals surface area contributed by atoms with Crippen LogP contribution in [0, 0.1) is 5.82 Å². The Kier molecular flexibility index (Phi) is 3.45. The van der Waals surface area contributed by atoms with Gasteiger partial charge in [0, 0.05) is 0 Å². The number of nitrogens with two attached hydrogens (primary N) is 1. The number of hydrogen-bond donors (Lipinski definition) is 1. The molecule has 2 rings (SSSR count). The summed E-state index contributed by atoms with van der Waals surface area (Å²) >= 11 is 0. The molecule has 0 bridgehead atoms.